The van der Waals surface area contributed by atoms with E-state index in [1.54, 1.807) is 18.2 Å². The molecular weight excluding hydrogens is 330 g/mol. The van der Waals surface area contributed by atoms with Crippen molar-refractivity contribution in [2.24, 2.45) is 0 Å². The SMILES string of the molecule is Cc1ccc(/C=C/c2nc(N(C)C)sc2C(C#N)=C(C#N)C#N)cc1. The van der Waals surface area contributed by atoms with Crippen molar-refractivity contribution in [3.63, 3.8) is 0 Å². The van der Waals surface area contributed by atoms with E-state index in [2.05, 4.69) is 4.98 Å². The average molecular weight is 345 g/mol. The zero-order chi connectivity index (χ0) is 18.4. The lowest BCUT2D eigenvalue weighted by Crippen LogP contribution is -2.07. The van der Waals surface area contributed by atoms with Crippen molar-refractivity contribution in [3.05, 3.63) is 51.5 Å². The van der Waals surface area contributed by atoms with E-state index in [0.717, 1.165) is 5.56 Å². The maximum atomic E-state index is 9.43. The largest absolute Gasteiger partial charge is 0.354 e. The van der Waals surface area contributed by atoms with Crippen LogP contribution in [0, 0.1) is 40.9 Å². The highest BCUT2D eigenvalue weighted by Gasteiger charge is 2.18. The minimum atomic E-state index is -0.207. The normalized spacial score (nSPS) is 9.92. The molecule has 1 heterocycles. The summed E-state index contributed by atoms with van der Waals surface area (Å²) in [6.45, 7) is 2.02. The topological polar surface area (TPSA) is 87.5 Å². The van der Waals surface area contributed by atoms with Gasteiger partial charge in [-0.3, -0.25) is 0 Å². The predicted octanol–water partition coefficient (Wildman–Crippen LogP) is 4.01. The number of allylic oxidation sites excluding steroid dienone is 2. The number of thiazole rings is 1. The second kappa shape index (κ2) is 7.93. The number of hydrogen-bond acceptors (Lipinski definition) is 6. The molecule has 2 rings (SSSR count). The fourth-order valence-corrected chi connectivity index (χ4v) is 2.99. The first kappa shape index (κ1) is 17.9. The van der Waals surface area contributed by atoms with Gasteiger partial charge in [0, 0.05) is 14.1 Å². The lowest BCUT2D eigenvalue weighted by Gasteiger charge is -2.05. The van der Waals surface area contributed by atoms with Crippen LogP contribution >= 0.6 is 11.3 Å². The Labute approximate surface area is 151 Å². The van der Waals surface area contributed by atoms with Crippen LogP contribution in [0.3, 0.4) is 0 Å². The summed E-state index contributed by atoms with van der Waals surface area (Å²) in [5.74, 6) is 0. The number of nitriles is 3. The molecule has 5 nitrogen and oxygen atoms in total. The second-order valence-electron chi connectivity index (χ2n) is 5.43. The van der Waals surface area contributed by atoms with E-state index in [4.69, 9.17) is 10.5 Å². The van der Waals surface area contributed by atoms with Gasteiger partial charge < -0.3 is 4.90 Å². The van der Waals surface area contributed by atoms with Crippen LogP contribution in [0.25, 0.3) is 17.7 Å². The molecule has 0 unspecified atom stereocenters. The Bertz CT molecular complexity index is 941. The zero-order valence-electron chi connectivity index (χ0n) is 14.1. The van der Waals surface area contributed by atoms with Gasteiger partial charge in [0.15, 0.2) is 5.13 Å². The highest BCUT2D eigenvalue weighted by molar-refractivity contribution is 7.17. The third-order valence-corrected chi connectivity index (χ3v) is 4.60. The average Bonchev–Trinajstić information content (AvgIpc) is 3.03. The van der Waals surface area contributed by atoms with Crippen LogP contribution in [0.15, 0.2) is 29.8 Å². The molecule has 0 spiro atoms. The van der Waals surface area contributed by atoms with Gasteiger partial charge in [-0.25, -0.2) is 4.98 Å². The maximum Gasteiger partial charge on any atom is 0.185 e. The molecule has 0 fully saturated rings. The van der Waals surface area contributed by atoms with Crippen molar-refractivity contribution < 1.29 is 0 Å². The van der Waals surface area contributed by atoms with Gasteiger partial charge in [-0.1, -0.05) is 47.2 Å². The van der Waals surface area contributed by atoms with Crippen LogP contribution in [0.2, 0.25) is 0 Å². The van der Waals surface area contributed by atoms with E-state index in [1.165, 1.54) is 16.9 Å². The first-order valence-corrected chi connectivity index (χ1v) is 8.19. The summed E-state index contributed by atoms with van der Waals surface area (Å²) in [6.07, 6.45) is 3.69. The molecule has 2 aromatic rings. The summed E-state index contributed by atoms with van der Waals surface area (Å²) in [6, 6.07) is 13.5. The lowest BCUT2D eigenvalue weighted by atomic mass is 10.1. The predicted molar refractivity (Wildman–Crippen MR) is 100 cm³/mol. The molecule has 6 heteroatoms. The van der Waals surface area contributed by atoms with E-state index in [0.29, 0.717) is 15.7 Å². The molecule has 122 valence electrons. The van der Waals surface area contributed by atoms with Crippen LogP contribution in [0.4, 0.5) is 5.13 Å². The molecule has 0 saturated carbocycles. The fourth-order valence-electron chi connectivity index (χ4n) is 2.01. The van der Waals surface area contributed by atoms with E-state index in [9.17, 15) is 5.26 Å². The van der Waals surface area contributed by atoms with Gasteiger partial charge in [-0.2, -0.15) is 15.8 Å². The zero-order valence-corrected chi connectivity index (χ0v) is 14.9. The molecule has 25 heavy (non-hydrogen) atoms. The first-order chi connectivity index (χ1) is 12.0. The smallest absolute Gasteiger partial charge is 0.185 e. The number of anilines is 1. The van der Waals surface area contributed by atoms with Gasteiger partial charge in [0.25, 0.3) is 0 Å². The fraction of sp³-hybridized carbons (Fsp3) is 0.158. The Morgan fingerprint density at radius 2 is 1.68 bits per heavy atom. The van der Waals surface area contributed by atoms with Crippen molar-refractivity contribution in [2.45, 2.75) is 6.92 Å². The third kappa shape index (κ3) is 4.12. The van der Waals surface area contributed by atoms with Gasteiger partial charge in [-0.05, 0) is 18.6 Å². The molecular formula is C19H15N5S. The highest BCUT2D eigenvalue weighted by atomic mass is 32.1. The van der Waals surface area contributed by atoms with Gasteiger partial charge in [0.2, 0.25) is 0 Å². The summed E-state index contributed by atoms with van der Waals surface area (Å²) in [5.41, 5.74) is 2.58. The maximum absolute atomic E-state index is 9.43. The monoisotopic (exact) mass is 345 g/mol. The Morgan fingerprint density at radius 1 is 1.04 bits per heavy atom. The van der Waals surface area contributed by atoms with E-state index in [1.807, 2.05) is 62.3 Å². The first-order valence-electron chi connectivity index (χ1n) is 7.38. The van der Waals surface area contributed by atoms with Gasteiger partial charge >= 0.3 is 0 Å². The van der Waals surface area contributed by atoms with Crippen LogP contribution < -0.4 is 4.90 Å². The number of aromatic nitrogens is 1. The van der Waals surface area contributed by atoms with Crippen LogP contribution in [0.1, 0.15) is 21.7 Å². The van der Waals surface area contributed by atoms with Crippen LogP contribution in [0.5, 0.6) is 0 Å². The van der Waals surface area contributed by atoms with E-state index in [-0.39, 0.29) is 11.1 Å². The number of hydrogen-bond donors (Lipinski definition) is 0. The number of nitrogens with zero attached hydrogens (tertiary/aromatic N) is 5. The molecule has 1 aromatic carbocycles. The summed E-state index contributed by atoms with van der Waals surface area (Å²) in [7, 11) is 3.70. The third-order valence-electron chi connectivity index (χ3n) is 3.35. The van der Waals surface area contributed by atoms with Crippen molar-refractivity contribution in [1.29, 1.82) is 15.8 Å². The molecule has 0 radical (unpaired) electrons. The molecule has 0 aliphatic rings. The molecule has 0 aliphatic heterocycles. The standard InChI is InChI=1S/C19H15N5S/c1-13-4-6-14(7-5-13)8-9-17-18(25-19(23-17)24(2)3)16(12-22)15(10-20)11-21/h4-9H,1-3H3/b9-8+. The molecule has 0 saturated heterocycles. The van der Waals surface area contributed by atoms with Crippen LogP contribution in [-0.2, 0) is 0 Å². The Hall–Kier alpha value is -3.40. The molecule has 0 aliphatic carbocycles. The Morgan fingerprint density at radius 3 is 2.20 bits per heavy atom. The number of benzene rings is 1. The molecule has 0 amide bonds. The summed E-state index contributed by atoms with van der Waals surface area (Å²) in [4.78, 5) is 6.86. The minimum absolute atomic E-state index is 0.0548. The Balaban J connectivity index is 2.56. The van der Waals surface area contributed by atoms with Crippen molar-refractivity contribution in [2.75, 3.05) is 19.0 Å². The molecule has 0 atom stereocenters. The molecule has 1 aromatic heterocycles. The van der Waals surface area contributed by atoms with Gasteiger partial charge in [-0.15, -0.1) is 0 Å². The second-order valence-corrected chi connectivity index (χ2v) is 6.41. The van der Waals surface area contributed by atoms with E-state index < -0.39 is 0 Å². The summed E-state index contributed by atoms with van der Waals surface area (Å²) < 4.78 is 0. The van der Waals surface area contributed by atoms with Crippen LogP contribution in [-0.4, -0.2) is 19.1 Å². The van der Waals surface area contributed by atoms with E-state index >= 15 is 0 Å². The van der Waals surface area contributed by atoms with Crippen molar-refractivity contribution in [1.82, 2.24) is 4.98 Å². The molecule has 0 bridgehead atoms. The number of rotatable bonds is 4. The Kier molecular flexibility index (Phi) is 5.69. The van der Waals surface area contributed by atoms with Crippen molar-refractivity contribution >= 4 is 34.2 Å². The minimum Gasteiger partial charge on any atom is -0.354 e. The summed E-state index contributed by atoms with van der Waals surface area (Å²) >= 11 is 1.28. The number of aryl methyl sites for hydroxylation is 1. The highest BCUT2D eigenvalue weighted by Crippen LogP contribution is 2.33. The lowest BCUT2D eigenvalue weighted by molar-refractivity contribution is 1.10. The van der Waals surface area contributed by atoms with Gasteiger partial charge in [0.1, 0.15) is 23.8 Å². The van der Waals surface area contributed by atoms with Gasteiger partial charge in [0.05, 0.1) is 16.1 Å². The molecule has 0 N–H and O–H groups in total. The van der Waals surface area contributed by atoms with Crippen molar-refractivity contribution in [3.8, 4) is 18.2 Å². The summed E-state index contributed by atoms with van der Waals surface area (Å²) in [5, 5.41) is 28.3. The quantitative estimate of drug-likeness (QED) is 0.781.